The van der Waals surface area contributed by atoms with Crippen LogP contribution in [-0.4, -0.2) is 36.8 Å². The Morgan fingerprint density at radius 3 is 2.28 bits per heavy atom. The topological polar surface area (TPSA) is 76.1 Å². The number of aliphatic carboxylic acids is 1. The maximum absolute atomic E-state index is 11.4. The van der Waals surface area contributed by atoms with Crippen LogP contribution in [0.25, 0.3) is 6.08 Å². The zero-order valence-electron chi connectivity index (χ0n) is 16.8. The lowest BCUT2D eigenvalue weighted by Gasteiger charge is -2.23. The molecule has 0 saturated carbocycles. The summed E-state index contributed by atoms with van der Waals surface area (Å²) in [5.74, 6) is -0.697. The van der Waals surface area contributed by atoms with Gasteiger partial charge in [0.25, 0.3) is 0 Å². The number of carbonyl (C=O) groups is 2. The number of hydrogen-bond acceptors (Lipinski definition) is 5. The zero-order valence-corrected chi connectivity index (χ0v) is 16.8. The van der Waals surface area contributed by atoms with Crippen LogP contribution in [0.3, 0.4) is 0 Å². The molecule has 2 rings (SSSR count). The molecule has 0 heterocycles. The fourth-order valence-corrected chi connectivity index (χ4v) is 2.60. The molecule has 0 fully saturated rings. The van der Waals surface area contributed by atoms with Crippen molar-refractivity contribution in [3.05, 3.63) is 66.2 Å². The Balaban J connectivity index is 1.97. The number of carboxylic acids is 1. The lowest BCUT2D eigenvalue weighted by atomic mass is 10.1. The van der Waals surface area contributed by atoms with Crippen LogP contribution in [0.5, 0.6) is 5.75 Å². The predicted octanol–water partition coefficient (Wildman–Crippen LogP) is 4.00. The van der Waals surface area contributed by atoms with Crippen LogP contribution in [0.15, 0.2) is 55.1 Å². The van der Waals surface area contributed by atoms with E-state index in [2.05, 4.69) is 6.58 Å². The van der Waals surface area contributed by atoms with Crippen molar-refractivity contribution in [3.8, 4) is 5.75 Å². The van der Waals surface area contributed by atoms with Gasteiger partial charge < -0.3 is 19.5 Å². The molecule has 0 aliphatic heterocycles. The van der Waals surface area contributed by atoms with Crippen LogP contribution in [0.2, 0.25) is 0 Å². The number of benzene rings is 2. The second-order valence-electron chi connectivity index (χ2n) is 6.86. The molecule has 0 saturated heterocycles. The molecule has 0 spiro atoms. The summed E-state index contributed by atoms with van der Waals surface area (Å²) >= 11 is 0. The van der Waals surface area contributed by atoms with Gasteiger partial charge in [-0.15, -0.1) is 0 Å². The lowest BCUT2D eigenvalue weighted by Crippen LogP contribution is -2.29. The van der Waals surface area contributed by atoms with E-state index in [4.69, 9.17) is 9.47 Å². The second kappa shape index (κ2) is 10.9. The Bertz CT molecular complexity index is 812. The summed E-state index contributed by atoms with van der Waals surface area (Å²) in [6, 6.07) is 15.0. The Morgan fingerprint density at radius 2 is 1.72 bits per heavy atom. The van der Waals surface area contributed by atoms with Crippen molar-refractivity contribution in [2.45, 2.75) is 20.4 Å². The van der Waals surface area contributed by atoms with Gasteiger partial charge in [-0.1, -0.05) is 50.8 Å². The maximum atomic E-state index is 11.4. The molecule has 0 bridgehead atoms. The Labute approximate surface area is 171 Å². The van der Waals surface area contributed by atoms with Gasteiger partial charge >= 0.3 is 11.9 Å². The smallest absolute Gasteiger partial charge is 0.323 e. The van der Waals surface area contributed by atoms with Crippen LogP contribution in [0.4, 0.5) is 5.69 Å². The van der Waals surface area contributed by atoms with Crippen molar-refractivity contribution >= 4 is 23.7 Å². The highest BCUT2D eigenvalue weighted by Crippen LogP contribution is 2.21. The molecular formula is C23H27NO5. The van der Waals surface area contributed by atoms with E-state index in [1.165, 1.54) is 0 Å². The SMILES string of the molecule is C=Cc1ccc(CN(CC(=O)O)c2ccc(OCCOC(=O)C(C)C)cc2)cc1. The number of carboxylic acid groups (broad SMARTS) is 1. The summed E-state index contributed by atoms with van der Waals surface area (Å²) in [6.45, 7) is 8.08. The van der Waals surface area contributed by atoms with E-state index in [0.717, 1.165) is 16.8 Å². The van der Waals surface area contributed by atoms with Crippen LogP contribution in [0.1, 0.15) is 25.0 Å². The second-order valence-corrected chi connectivity index (χ2v) is 6.86. The number of anilines is 1. The van der Waals surface area contributed by atoms with E-state index in [1.54, 1.807) is 37.0 Å². The van der Waals surface area contributed by atoms with Crippen LogP contribution >= 0.6 is 0 Å². The van der Waals surface area contributed by atoms with Crippen molar-refractivity contribution in [2.24, 2.45) is 5.92 Å². The van der Waals surface area contributed by atoms with Crippen LogP contribution < -0.4 is 9.64 Å². The third-order valence-electron chi connectivity index (χ3n) is 4.18. The van der Waals surface area contributed by atoms with Gasteiger partial charge in [0.15, 0.2) is 0 Å². The molecule has 0 unspecified atom stereocenters. The molecule has 0 amide bonds. The molecule has 2 aromatic rings. The summed E-state index contributed by atoms with van der Waals surface area (Å²) in [5, 5.41) is 9.27. The lowest BCUT2D eigenvalue weighted by molar-refractivity contribution is -0.148. The monoisotopic (exact) mass is 397 g/mol. The van der Waals surface area contributed by atoms with Gasteiger partial charge in [0.1, 0.15) is 25.5 Å². The molecule has 0 radical (unpaired) electrons. The van der Waals surface area contributed by atoms with Gasteiger partial charge in [0, 0.05) is 12.2 Å². The number of rotatable bonds is 11. The largest absolute Gasteiger partial charge is 0.490 e. The minimum absolute atomic E-state index is 0.117. The summed E-state index contributed by atoms with van der Waals surface area (Å²) in [6.07, 6.45) is 1.77. The minimum atomic E-state index is -0.903. The summed E-state index contributed by atoms with van der Waals surface area (Å²) in [4.78, 5) is 24.5. The molecule has 0 aromatic heterocycles. The van der Waals surface area contributed by atoms with Gasteiger partial charge in [0.2, 0.25) is 0 Å². The first kappa shape index (κ1) is 22.0. The third kappa shape index (κ3) is 7.33. The molecule has 2 aromatic carbocycles. The number of esters is 1. The van der Waals surface area contributed by atoms with E-state index in [-0.39, 0.29) is 31.6 Å². The number of carbonyl (C=O) groups excluding carboxylic acids is 1. The first-order valence-corrected chi connectivity index (χ1v) is 9.46. The van der Waals surface area contributed by atoms with E-state index in [0.29, 0.717) is 12.3 Å². The van der Waals surface area contributed by atoms with Crippen LogP contribution in [-0.2, 0) is 20.9 Å². The maximum Gasteiger partial charge on any atom is 0.323 e. The highest BCUT2D eigenvalue weighted by atomic mass is 16.6. The highest BCUT2D eigenvalue weighted by molar-refractivity contribution is 5.74. The van der Waals surface area contributed by atoms with Crippen LogP contribution in [0, 0.1) is 5.92 Å². The van der Waals surface area contributed by atoms with E-state index >= 15 is 0 Å². The fraction of sp³-hybridized carbons (Fsp3) is 0.304. The number of nitrogens with zero attached hydrogens (tertiary/aromatic N) is 1. The van der Waals surface area contributed by atoms with Gasteiger partial charge in [-0.3, -0.25) is 9.59 Å². The predicted molar refractivity (Wildman–Crippen MR) is 113 cm³/mol. The Hall–Kier alpha value is -3.28. The average Bonchev–Trinajstić information content (AvgIpc) is 2.71. The van der Waals surface area contributed by atoms with Crippen molar-refractivity contribution in [3.63, 3.8) is 0 Å². The van der Waals surface area contributed by atoms with Gasteiger partial charge in [-0.25, -0.2) is 0 Å². The molecule has 0 atom stereocenters. The van der Waals surface area contributed by atoms with Crippen molar-refractivity contribution < 1.29 is 24.2 Å². The first-order chi connectivity index (χ1) is 13.9. The van der Waals surface area contributed by atoms with Gasteiger partial charge in [-0.05, 0) is 35.4 Å². The molecule has 154 valence electrons. The number of ether oxygens (including phenoxy) is 2. The van der Waals surface area contributed by atoms with Gasteiger partial charge in [-0.2, -0.15) is 0 Å². The molecule has 6 heteroatoms. The standard InChI is InChI=1S/C23H27NO5/c1-4-18-5-7-19(8-6-18)15-24(16-22(25)26)20-9-11-21(12-10-20)28-13-14-29-23(27)17(2)3/h4-12,17H,1,13-16H2,2-3H3,(H,25,26). The average molecular weight is 397 g/mol. The summed E-state index contributed by atoms with van der Waals surface area (Å²) < 4.78 is 10.6. The number of hydrogen-bond donors (Lipinski definition) is 1. The Morgan fingerprint density at radius 1 is 1.07 bits per heavy atom. The molecule has 0 aliphatic rings. The molecule has 29 heavy (non-hydrogen) atoms. The molecule has 0 aliphatic carbocycles. The van der Waals surface area contributed by atoms with E-state index in [1.807, 2.05) is 36.4 Å². The van der Waals surface area contributed by atoms with E-state index < -0.39 is 5.97 Å². The van der Waals surface area contributed by atoms with Gasteiger partial charge in [0.05, 0.1) is 5.92 Å². The van der Waals surface area contributed by atoms with Crippen molar-refractivity contribution in [1.29, 1.82) is 0 Å². The van der Waals surface area contributed by atoms with Crippen molar-refractivity contribution in [2.75, 3.05) is 24.7 Å². The summed E-state index contributed by atoms with van der Waals surface area (Å²) in [5.41, 5.74) is 2.79. The Kier molecular flexibility index (Phi) is 8.27. The normalized spacial score (nSPS) is 10.4. The quantitative estimate of drug-likeness (QED) is 0.456. The minimum Gasteiger partial charge on any atom is -0.490 e. The molecule has 6 nitrogen and oxygen atoms in total. The highest BCUT2D eigenvalue weighted by Gasteiger charge is 2.12. The summed E-state index contributed by atoms with van der Waals surface area (Å²) in [7, 11) is 0. The zero-order chi connectivity index (χ0) is 21.2. The third-order valence-corrected chi connectivity index (χ3v) is 4.18. The molecular weight excluding hydrogens is 370 g/mol. The van der Waals surface area contributed by atoms with Crippen molar-refractivity contribution in [1.82, 2.24) is 0 Å². The molecule has 1 N–H and O–H groups in total. The fourth-order valence-electron chi connectivity index (χ4n) is 2.60. The van der Waals surface area contributed by atoms with E-state index in [9.17, 15) is 14.7 Å². The first-order valence-electron chi connectivity index (χ1n) is 9.46.